The van der Waals surface area contributed by atoms with Crippen LogP contribution < -0.4 is 0 Å². The fourth-order valence-corrected chi connectivity index (χ4v) is 11.8. The van der Waals surface area contributed by atoms with Gasteiger partial charge in [0, 0.05) is 0 Å². The third-order valence-corrected chi connectivity index (χ3v) is 12.6. The summed E-state index contributed by atoms with van der Waals surface area (Å²) in [4.78, 5) is 24.2. The van der Waals surface area contributed by atoms with Gasteiger partial charge >= 0.3 is 145 Å². The summed E-state index contributed by atoms with van der Waals surface area (Å²) in [5.74, 6) is -1.31. The standard InChI is InChI=1S/2C7H7.C4H6O5.Sn/c2*1-7-5-3-2-4-6-7;5-2(4(8)9)1-3(6)7;/h2*2-6H,1H2;2,5H,1H2,(H,6,7)(H,8,9);/q;;;+2/p-2. The Balaban J connectivity index is 1.95. The van der Waals surface area contributed by atoms with E-state index in [0.717, 1.165) is 11.1 Å². The van der Waals surface area contributed by atoms with Gasteiger partial charge in [-0.25, -0.2) is 0 Å². The molecule has 0 spiro atoms. The Hall–Kier alpha value is -1.86. The van der Waals surface area contributed by atoms with Gasteiger partial charge in [-0.1, -0.05) is 0 Å². The second-order valence-electron chi connectivity index (χ2n) is 5.85. The number of hydrogen-bond donors (Lipinski definition) is 1. The van der Waals surface area contributed by atoms with E-state index in [1.54, 1.807) is 0 Å². The van der Waals surface area contributed by atoms with Crippen LogP contribution in [0.1, 0.15) is 17.5 Å². The second-order valence-corrected chi connectivity index (χ2v) is 14.2. The van der Waals surface area contributed by atoms with Crippen LogP contribution in [0.3, 0.4) is 0 Å². The van der Waals surface area contributed by atoms with Crippen LogP contribution in [0.25, 0.3) is 0 Å². The summed E-state index contributed by atoms with van der Waals surface area (Å²) in [7, 11) is 0. The molecule has 0 saturated carbocycles. The van der Waals surface area contributed by atoms with E-state index in [1.165, 1.54) is 0 Å². The molecule has 1 heterocycles. The summed E-state index contributed by atoms with van der Waals surface area (Å²) < 4.78 is 12.2. The van der Waals surface area contributed by atoms with E-state index in [4.69, 9.17) is 6.15 Å². The molecule has 1 atom stereocenters. The monoisotopic (exact) mass is 434 g/mol. The molecule has 0 amide bonds. The number of carbonyl (C=O) groups excluding carboxylic acids is 2. The van der Waals surface area contributed by atoms with Gasteiger partial charge in [0.15, 0.2) is 0 Å². The maximum absolute atomic E-state index is 12.1. The van der Waals surface area contributed by atoms with Gasteiger partial charge in [-0.3, -0.25) is 0 Å². The molecule has 1 N–H and O–H groups in total. The van der Waals surface area contributed by atoms with Crippen molar-refractivity contribution < 1.29 is 20.8 Å². The van der Waals surface area contributed by atoms with E-state index >= 15 is 0 Å². The normalized spacial score (nSPS) is 20.0. The molecule has 6 heteroatoms. The molecule has 0 radical (unpaired) electrons. The number of aliphatic hydroxyl groups excluding tert-OH is 1. The molecule has 1 fully saturated rings. The van der Waals surface area contributed by atoms with Crippen molar-refractivity contribution in [1.82, 2.24) is 0 Å². The Morgan fingerprint density at radius 2 is 1.38 bits per heavy atom. The number of aliphatic hydroxyl groups is 1. The summed E-state index contributed by atoms with van der Waals surface area (Å²) in [6.45, 7) is 0. The summed E-state index contributed by atoms with van der Waals surface area (Å²) in [5.41, 5.74) is 1.92. The van der Waals surface area contributed by atoms with Gasteiger partial charge in [0.25, 0.3) is 0 Å². The van der Waals surface area contributed by atoms with Crippen LogP contribution in [0, 0.1) is 0 Å². The van der Waals surface area contributed by atoms with Crippen LogP contribution in [-0.2, 0) is 24.6 Å². The van der Waals surface area contributed by atoms with Gasteiger partial charge in [-0.2, -0.15) is 0 Å². The van der Waals surface area contributed by atoms with E-state index in [1.807, 2.05) is 60.7 Å². The van der Waals surface area contributed by atoms with Crippen molar-refractivity contribution >= 4 is 31.1 Å². The van der Waals surface area contributed by atoms with Crippen LogP contribution in [0.15, 0.2) is 60.7 Å². The van der Waals surface area contributed by atoms with E-state index < -0.39 is 37.2 Å². The first-order valence-corrected chi connectivity index (χ1v) is 14.1. The Morgan fingerprint density at radius 3 is 1.88 bits per heavy atom. The average Bonchev–Trinajstić information content (AvgIpc) is 2.65. The van der Waals surface area contributed by atoms with E-state index in [-0.39, 0.29) is 6.42 Å². The fraction of sp³-hybridized carbons (Fsp3) is 0.222. The van der Waals surface area contributed by atoms with Crippen molar-refractivity contribution in [2.45, 2.75) is 21.4 Å². The topological polar surface area (TPSA) is 72.8 Å². The van der Waals surface area contributed by atoms with Gasteiger partial charge in [-0.15, -0.1) is 0 Å². The van der Waals surface area contributed by atoms with Crippen molar-refractivity contribution in [2.75, 3.05) is 0 Å². The first-order valence-electron chi connectivity index (χ1n) is 7.77. The molecule has 0 aliphatic carbocycles. The molecule has 0 bridgehead atoms. The van der Waals surface area contributed by atoms with Crippen molar-refractivity contribution in [3.05, 3.63) is 71.8 Å². The molecule has 0 aromatic heterocycles. The van der Waals surface area contributed by atoms with E-state index in [9.17, 15) is 14.7 Å². The quantitative estimate of drug-likeness (QED) is 0.746. The summed E-state index contributed by atoms with van der Waals surface area (Å²) in [6, 6.07) is 19.1. The number of hydrogen-bond acceptors (Lipinski definition) is 5. The molecule has 2 aromatic rings. The molecule has 3 rings (SSSR count). The number of rotatable bonds is 4. The Bertz CT molecular complexity index is 675. The van der Waals surface area contributed by atoms with Crippen LogP contribution >= 0.6 is 0 Å². The minimum absolute atomic E-state index is 0.346. The fourth-order valence-electron chi connectivity index (χ4n) is 2.78. The molecule has 1 aliphatic heterocycles. The molecular formula is C18H18O5Sn. The molecular weight excluding hydrogens is 415 g/mol. The zero-order chi connectivity index (χ0) is 17.0. The predicted octanol–water partition coefficient (Wildman–Crippen LogP) is 1.84. The van der Waals surface area contributed by atoms with Gasteiger partial charge in [0.1, 0.15) is 0 Å². The molecule has 1 aliphatic rings. The number of carbonyl (C=O) groups is 2. The van der Waals surface area contributed by atoms with E-state index in [0.29, 0.717) is 8.87 Å². The maximum atomic E-state index is 12.1. The first kappa shape index (κ1) is 17.0. The van der Waals surface area contributed by atoms with Crippen LogP contribution in [0.5, 0.6) is 0 Å². The van der Waals surface area contributed by atoms with E-state index in [2.05, 4.69) is 0 Å². The van der Waals surface area contributed by atoms with Crippen LogP contribution in [0.2, 0.25) is 0 Å². The van der Waals surface area contributed by atoms with Crippen molar-refractivity contribution in [3.8, 4) is 0 Å². The minimum atomic E-state index is -4.15. The Labute approximate surface area is 145 Å². The van der Waals surface area contributed by atoms with Crippen molar-refractivity contribution in [1.29, 1.82) is 0 Å². The number of benzene rings is 2. The third kappa shape index (κ3) is 4.15. The molecule has 124 valence electrons. The van der Waals surface area contributed by atoms with Gasteiger partial charge in [0.05, 0.1) is 0 Å². The van der Waals surface area contributed by atoms with Gasteiger partial charge < -0.3 is 0 Å². The first-order chi connectivity index (χ1) is 11.6. The van der Waals surface area contributed by atoms with Crippen molar-refractivity contribution in [3.63, 3.8) is 0 Å². The SMILES string of the molecule is O=C1CC(O)C(=O)[O][Sn]([CH2]c2ccccc2)([CH2]c2ccccc2)[O]1. The van der Waals surface area contributed by atoms with Crippen LogP contribution in [0.4, 0.5) is 0 Å². The summed E-state index contributed by atoms with van der Waals surface area (Å²) in [5, 5.41) is 9.75. The van der Waals surface area contributed by atoms with Crippen molar-refractivity contribution in [2.24, 2.45) is 0 Å². The zero-order valence-corrected chi connectivity index (χ0v) is 15.9. The summed E-state index contributed by atoms with van der Waals surface area (Å²) >= 11 is -4.15. The molecule has 24 heavy (non-hydrogen) atoms. The van der Waals surface area contributed by atoms with Crippen LogP contribution in [-0.4, -0.2) is 42.4 Å². The third-order valence-electron chi connectivity index (χ3n) is 3.85. The molecule has 2 aromatic carbocycles. The van der Waals surface area contributed by atoms with Gasteiger partial charge in [0.2, 0.25) is 0 Å². The molecule has 5 nitrogen and oxygen atoms in total. The molecule has 1 unspecified atom stereocenters. The predicted molar refractivity (Wildman–Crippen MR) is 88.9 cm³/mol. The van der Waals surface area contributed by atoms with Gasteiger partial charge in [-0.05, 0) is 0 Å². The molecule has 1 saturated heterocycles. The Kier molecular flexibility index (Phi) is 5.20. The zero-order valence-electron chi connectivity index (χ0n) is 13.1. The summed E-state index contributed by atoms with van der Waals surface area (Å²) in [6.07, 6.45) is -1.79. The Morgan fingerprint density at radius 1 is 0.875 bits per heavy atom. The second kappa shape index (κ2) is 7.36. The average molecular weight is 433 g/mol.